The fraction of sp³-hybridized carbons (Fsp3) is 0.167. The van der Waals surface area contributed by atoms with E-state index in [1.165, 1.54) is 17.8 Å². The van der Waals surface area contributed by atoms with Gasteiger partial charge in [-0.15, -0.1) is 0 Å². The van der Waals surface area contributed by atoms with Gasteiger partial charge in [0.1, 0.15) is 5.82 Å². The van der Waals surface area contributed by atoms with Crippen LogP contribution in [0.15, 0.2) is 58.5 Å². The number of nitrogens with two attached hydrogens (primary N) is 1. The van der Waals surface area contributed by atoms with Crippen LogP contribution in [0.4, 0.5) is 11.5 Å². The van der Waals surface area contributed by atoms with Crippen molar-refractivity contribution in [3.63, 3.8) is 0 Å². The van der Waals surface area contributed by atoms with Crippen molar-refractivity contribution in [3.8, 4) is 0 Å². The lowest BCUT2D eigenvalue weighted by Crippen LogP contribution is -2.25. The zero-order chi connectivity index (χ0) is 17.8. The molecule has 6 nitrogen and oxygen atoms in total. The van der Waals surface area contributed by atoms with Crippen LogP contribution in [0.25, 0.3) is 10.8 Å². The lowest BCUT2D eigenvalue weighted by molar-refractivity contribution is -0.115. The number of thioether (sulfide) groups is 1. The number of nitrogen functional groups attached to an aromatic ring is 1. The molecule has 3 rings (SSSR count). The maximum absolute atomic E-state index is 12.7. The molecule has 0 saturated heterocycles. The number of amides is 1. The van der Waals surface area contributed by atoms with Gasteiger partial charge in [-0.1, -0.05) is 55.1 Å². The molecule has 1 heterocycles. The number of benzene rings is 2. The fourth-order valence-corrected chi connectivity index (χ4v) is 3.43. The third-order valence-corrected chi connectivity index (χ3v) is 4.95. The Hall–Kier alpha value is -2.80. The van der Waals surface area contributed by atoms with Crippen LogP contribution >= 0.6 is 11.8 Å². The molecular formula is C18H18N4O2S. The zero-order valence-corrected chi connectivity index (χ0v) is 14.5. The molecule has 0 aliphatic rings. The lowest BCUT2D eigenvalue weighted by atomic mass is 10.1. The average molecular weight is 354 g/mol. The highest BCUT2D eigenvalue weighted by atomic mass is 32.2. The van der Waals surface area contributed by atoms with E-state index in [2.05, 4.69) is 15.3 Å². The molecule has 4 N–H and O–H groups in total. The Morgan fingerprint density at radius 2 is 2.04 bits per heavy atom. The minimum absolute atomic E-state index is 0.135. The molecule has 0 aliphatic heterocycles. The summed E-state index contributed by atoms with van der Waals surface area (Å²) in [5, 5.41) is 4.95. The van der Waals surface area contributed by atoms with E-state index in [1.807, 2.05) is 49.4 Å². The van der Waals surface area contributed by atoms with Crippen LogP contribution in [0.1, 0.15) is 13.3 Å². The molecule has 128 valence electrons. The molecule has 25 heavy (non-hydrogen) atoms. The molecule has 1 aromatic heterocycles. The van der Waals surface area contributed by atoms with Crippen LogP contribution in [-0.4, -0.2) is 21.1 Å². The molecule has 0 fully saturated rings. The van der Waals surface area contributed by atoms with Crippen molar-refractivity contribution in [1.29, 1.82) is 0 Å². The molecular weight excluding hydrogens is 336 g/mol. The second-order valence-electron chi connectivity index (χ2n) is 5.51. The second-order valence-corrected chi connectivity index (χ2v) is 6.70. The van der Waals surface area contributed by atoms with E-state index in [0.29, 0.717) is 11.6 Å². The second kappa shape index (κ2) is 7.40. The van der Waals surface area contributed by atoms with Crippen molar-refractivity contribution in [3.05, 3.63) is 58.9 Å². The van der Waals surface area contributed by atoms with E-state index in [-0.39, 0.29) is 17.3 Å². The van der Waals surface area contributed by atoms with Crippen LogP contribution in [0.5, 0.6) is 0 Å². The highest BCUT2D eigenvalue weighted by molar-refractivity contribution is 8.00. The summed E-state index contributed by atoms with van der Waals surface area (Å²) in [6.07, 6.45) is 0.583. The van der Waals surface area contributed by atoms with Crippen molar-refractivity contribution in [1.82, 2.24) is 9.97 Å². The first kappa shape index (κ1) is 17.0. The third kappa shape index (κ3) is 4.00. The Bertz CT molecular complexity index is 965. The molecule has 0 aliphatic carbocycles. The molecule has 1 atom stereocenters. The number of aromatic amines is 1. The number of H-pyrrole nitrogens is 1. The van der Waals surface area contributed by atoms with Gasteiger partial charge in [-0.2, -0.15) is 0 Å². The Kier molecular flexibility index (Phi) is 5.04. The van der Waals surface area contributed by atoms with Crippen LogP contribution in [0.3, 0.4) is 0 Å². The predicted octanol–water partition coefficient (Wildman–Crippen LogP) is 3.01. The van der Waals surface area contributed by atoms with Gasteiger partial charge in [0.2, 0.25) is 5.91 Å². The van der Waals surface area contributed by atoms with E-state index >= 15 is 0 Å². The number of hydrogen-bond acceptors (Lipinski definition) is 5. The summed E-state index contributed by atoms with van der Waals surface area (Å²) >= 11 is 1.19. The summed E-state index contributed by atoms with van der Waals surface area (Å²) in [6.45, 7) is 1.91. The first-order chi connectivity index (χ1) is 12.1. The van der Waals surface area contributed by atoms with Crippen molar-refractivity contribution < 1.29 is 4.79 Å². The van der Waals surface area contributed by atoms with Crippen LogP contribution in [0, 0.1) is 0 Å². The molecule has 0 radical (unpaired) electrons. The van der Waals surface area contributed by atoms with Gasteiger partial charge in [-0.3, -0.25) is 9.59 Å². The SMILES string of the molecule is CCC(Sc1nc(N)cc(=O)[nH]1)C(=O)Nc1cccc2ccccc12. The van der Waals surface area contributed by atoms with E-state index in [9.17, 15) is 9.59 Å². The molecule has 1 amide bonds. The molecule has 2 aromatic carbocycles. The Morgan fingerprint density at radius 1 is 1.28 bits per heavy atom. The molecule has 7 heteroatoms. The van der Waals surface area contributed by atoms with Gasteiger partial charge < -0.3 is 16.0 Å². The number of hydrogen-bond donors (Lipinski definition) is 3. The number of fused-ring (bicyclic) bond motifs is 1. The molecule has 0 saturated carbocycles. The van der Waals surface area contributed by atoms with Gasteiger partial charge in [0.05, 0.1) is 5.25 Å². The molecule has 0 bridgehead atoms. The first-order valence-electron chi connectivity index (χ1n) is 7.89. The largest absolute Gasteiger partial charge is 0.383 e. The van der Waals surface area contributed by atoms with E-state index in [4.69, 9.17) is 5.73 Å². The van der Waals surface area contributed by atoms with Gasteiger partial charge in [0.15, 0.2) is 5.16 Å². The van der Waals surface area contributed by atoms with E-state index < -0.39 is 5.25 Å². The fourth-order valence-electron chi connectivity index (χ4n) is 2.51. The van der Waals surface area contributed by atoms with Crippen molar-refractivity contribution in [2.45, 2.75) is 23.8 Å². The highest BCUT2D eigenvalue weighted by Crippen LogP contribution is 2.26. The Labute approximate surface area is 148 Å². The van der Waals surface area contributed by atoms with Gasteiger partial charge in [0, 0.05) is 17.1 Å². The molecule has 3 aromatic rings. The quantitative estimate of drug-likeness (QED) is 0.483. The zero-order valence-electron chi connectivity index (χ0n) is 13.7. The maximum atomic E-state index is 12.7. The highest BCUT2D eigenvalue weighted by Gasteiger charge is 2.20. The minimum Gasteiger partial charge on any atom is -0.383 e. The number of nitrogens with one attached hydrogen (secondary N) is 2. The predicted molar refractivity (Wildman–Crippen MR) is 102 cm³/mol. The van der Waals surface area contributed by atoms with Crippen molar-refractivity contribution in [2.24, 2.45) is 0 Å². The molecule has 1 unspecified atom stereocenters. The van der Waals surface area contributed by atoms with Crippen LogP contribution in [-0.2, 0) is 4.79 Å². The monoisotopic (exact) mass is 354 g/mol. The number of carbonyl (C=O) groups is 1. The number of anilines is 2. The third-order valence-electron chi connectivity index (χ3n) is 3.70. The van der Waals surface area contributed by atoms with Crippen molar-refractivity contribution >= 4 is 39.9 Å². The number of aromatic nitrogens is 2. The molecule has 0 spiro atoms. The average Bonchev–Trinajstić information content (AvgIpc) is 2.59. The summed E-state index contributed by atoms with van der Waals surface area (Å²) in [6, 6.07) is 14.8. The van der Waals surface area contributed by atoms with Gasteiger partial charge in [-0.05, 0) is 17.9 Å². The van der Waals surface area contributed by atoms with Crippen molar-refractivity contribution in [2.75, 3.05) is 11.1 Å². The Morgan fingerprint density at radius 3 is 2.80 bits per heavy atom. The Balaban J connectivity index is 1.81. The first-order valence-corrected chi connectivity index (χ1v) is 8.77. The van der Waals surface area contributed by atoms with Gasteiger partial charge >= 0.3 is 0 Å². The maximum Gasteiger partial charge on any atom is 0.253 e. The number of carbonyl (C=O) groups excluding carboxylic acids is 1. The summed E-state index contributed by atoms with van der Waals surface area (Å²) in [7, 11) is 0. The summed E-state index contributed by atoms with van der Waals surface area (Å²) < 4.78 is 0. The topological polar surface area (TPSA) is 101 Å². The minimum atomic E-state index is -0.399. The summed E-state index contributed by atoms with van der Waals surface area (Å²) in [5.41, 5.74) is 6.02. The summed E-state index contributed by atoms with van der Waals surface area (Å²) in [5.74, 6) is -0.00973. The summed E-state index contributed by atoms with van der Waals surface area (Å²) in [4.78, 5) is 30.8. The number of nitrogens with zero attached hydrogens (tertiary/aromatic N) is 1. The van der Waals surface area contributed by atoms with Gasteiger partial charge in [0.25, 0.3) is 5.56 Å². The lowest BCUT2D eigenvalue weighted by Gasteiger charge is -2.15. The number of rotatable bonds is 5. The van der Waals surface area contributed by atoms with Crippen LogP contribution in [0.2, 0.25) is 0 Å². The normalized spacial score (nSPS) is 12.0. The van der Waals surface area contributed by atoms with E-state index in [0.717, 1.165) is 16.5 Å². The smallest absolute Gasteiger partial charge is 0.253 e. The van der Waals surface area contributed by atoms with Gasteiger partial charge in [-0.25, -0.2) is 4.98 Å². The standard InChI is InChI=1S/C18H18N4O2S/c1-2-14(25-18-21-15(19)10-16(23)22-18)17(24)20-13-9-5-7-11-6-3-4-8-12(11)13/h3-10,14H,2H2,1H3,(H,20,24)(H3,19,21,22,23). The van der Waals surface area contributed by atoms with E-state index in [1.54, 1.807) is 0 Å². The van der Waals surface area contributed by atoms with Crippen LogP contribution < -0.4 is 16.6 Å².